The molecule has 0 atom stereocenters. The molecule has 0 saturated carbocycles. The van der Waals surface area contributed by atoms with Crippen molar-refractivity contribution in [2.75, 3.05) is 5.32 Å². The molecule has 2 aromatic heterocycles. The van der Waals surface area contributed by atoms with E-state index in [4.69, 9.17) is 0 Å². The molecule has 1 aromatic carbocycles. The second kappa shape index (κ2) is 5.53. The Labute approximate surface area is 133 Å². The van der Waals surface area contributed by atoms with Crippen LogP contribution < -0.4 is 5.32 Å². The van der Waals surface area contributed by atoms with Crippen molar-refractivity contribution in [3.63, 3.8) is 0 Å². The summed E-state index contributed by atoms with van der Waals surface area (Å²) in [5.74, 6) is -0.603. The molecule has 0 aliphatic rings. The van der Waals surface area contributed by atoms with E-state index in [-0.39, 0.29) is 11.7 Å². The van der Waals surface area contributed by atoms with Crippen LogP contribution in [-0.2, 0) is 13.6 Å². The topological polar surface area (TPSA) is 51.9 Å². The lowest BCUT2D eigenvalue weighted by molar-refractivity contribution is 0.101. The first-order chi connectivity index (χ1) is 10.9. The van der Waals surface area contributed by atoms with E-state index in [1.165, 1.54) is 6.07 Å². The van der Waals surface area contributed by atoms with Gasteiger partial charge in [-0.3, -0.25) is 9.48 Å². The third-order valence-corrected chi connectivity index (χ3v) is 4.19. The van der Waals surface area contributed by atoms with Gasteiger partial charge in [-0.25, -0.2) is 4.39 Å². The van der Waals surface area contributed by atoms with Crippen molar-refractivity contribution in [2.45, 2.75) is 27.3 Å². The van der Waals surface area contributed by atoms with Crippen LogP contribution in [0.5, 0.6) is 0 Å². The number of hydrogen-bond acceptors (Lipinski definition) is 2. The molecule has 0 spiro atoms. The number of nitrogens with zero attached hydrogens (tertiary/aromatic N) is 3. The number of hydrogen-bond donors (Lipinski definition) is 1. The molecule has 3 rings (SSSR count). The van der Waals surface area contributed by atoms with Gasteiger partial charge in [-0.1, -0.05) is 6.07 Å². The molecule has 6 heteroatoms. The Morgan fingerprint density at radius 3 is 2.70 bits per heavy atom. The highest BCUT2D eigenvalue weighted by atomic mass is 19.1. The zero-order valence-corrected chi connectivity index (χ0v) is 13.6. The van der Waals surface area contributed by atoms with Crippen molar-refractivity contribution in [1.82, 2.24) is 14.3 Å². The molecule has 0 saturated heterocycles. The average molecular weight is 314 g/mol. The molecule has 0 aliphatic carbocycles. The summed E-state index contributed by atoms with van der Waals surface area (Å²) in [6.07, 6.45) is 0. The number of anilines is 1. The Kier molecular flexibility index (Phi) is 3.67. The van der Waals surface area contributed by atoms with E-state index in [0.717, 1.165) is 17.9 Å². The number of nitrogens with one attached hydrogen (secondary N) is 1. The minimum absolute atomic E-state index is 0.273. The van der Waals surface area contributed by atoms with Gasteiger partial charge in [0.2, 0.25) is 0 Å². The van der Waals surface area contributed by atoms with Gasteiger partial charge in [-0.05, 0) is 39.0 Å². The van der Waals surface area contributed by atoms with Gasteiger partial charge in [0, 0.05) is 19.0 Å². The lowest BCUT2D eigenvalue weighted by Crippen LogP contribution is -2.16. The molecule has 1 N–H and O–H groups in total. The van der Waals surface area contributed by atoms with Gasteiger partial charge in [0.25, 0.3) is 5.91 Å². The third-order valence-electron chi connectivity index (χ3n) is 4.19. The van der Waals surface area contributed by atoms with Crippen molar-refractivity contribution in [3.05, 3.63) is 47.2 Å². The van der Waals surface area contributed by atoms with E-state index < -0.39 is 0 Å². The Bertz CT molecular complexity index is 907. The van der Waals surface area contributed by atoms with Crippen molar-refractivity contribution >= 4 is 22.5 Å². The molecule has 3 aromatic rings. The highest BCUT2D eigenvalue weighted by Gasteiger charge is 2.19. The summed E-state index contributed by atoms with van der Waals surface area (Å²) in [6.45, 7) is 6.51. The molecule has 23 heavy (non-hydrogen) atoms. The van der Waals surface area contributed by atoms with Crippen LogP contribution in [0, 0.1) is 19.7 Å². The number of aryl methyl sites for hydroxylation is 3. The second-order valence-electron chi connectivity index (χ2n) is 5.58. The van der Waals surface area contributed by atoms with Crippen molar-refractivity contribution in [1.29, 1.82) is 0 Å². The predicted molar refractivity (Wildman–Crippen MR) is 88.2 cm³/mol. The van der Waals surface area contributed by atoms with E-state index in [2.05, 4.69) is 10.4 Å². The molecule has 1 amide bonds. The number of halogens is 1. The summed E-state index contributed by atoms with van der Waals surface area (Å²) in [7, 11) is 1.76. The standard InChI is InChI=1S/C17H19FN4O/c1-5-22-11(3)16(10(2)20-22)19-17(23)15-9-12-13(18)7-6-8-14(12)21(15)4/h6-9H,5H2,1-4H3,(H,19,23). The average Bonchev–Trinajstić information content (AvgIpc) is 3.00. The van der Waals surface area contributed by atoms with Crippen LogP contribution >= 0.6 is 0 Å². The number of benzene rings is 1. The molecular weight excluding hydrogens is 295 g/mol. The quantitative estimate of drug-likeness (QED) is 0.805. The van der Waals surface area contributed by atoms with Crippen LogP contribution in [0.3, 0.4) is 0 Å². The SMILES string of the molecule is CCn1nc(C)c(NC(=O)c2cc3c(F)cccc3n2C)c1C. The van der Waals surface area contributed by atoms with Crippen LogP contribution in [0.4, 0.5) is 10.1 Å². The molecule has 0 bridgehead atoms. The summed E-state index contributed by atoms with van der Waals surface area (Å²) in [5.41, 5.74) is 3.48. The number of rotatable bonds is 3. The normalized spacial score (nSPS) is 11.2. The minimum atomic E-state index is -0.330. The lowest BCUT2D eigenvalue weighted by atomic mass is 10.2. The molecule has 5 nitrogen and oxygen atoms in total. The summed E-state index contributed by atoms with van der Waals surface area (Å²) in [6, 6.07) is 6.40. The molecule has 120 valence electrons. The van der Waals surface area contributed by atoms with Gasteiger partial charge in [0.15, 0.2) is 0 Å². The van der Waals surface area contributed by atoms with E-state index in [1.807, 2.05) is 25.5 Å². The fourth-order valence-corrected chi connectivity index (χ4v) is 2.91. The molecule has 0 fully saturated rings. The second-order valence-corrected chi connectivity index (χ2v) is 5.58. The highest BCUT2D eigenvalue weighted by Crippen LogP contribution is 2.24. The monoisotopic (exact) mass is 314 g/mol. The van der Waals surface area contributed by atoms with E-state index in [0.29, 0.717) is 22.3 Å². The maximum absolute atomic E-state index is 13.9. The fraction of sp³-hybridized carbons (Fsp3) is 0.294. The van der Waals surface area contributed by atoms with Gasteiger partial charge < -0.3 is 9.88 Å². The number of carbonyl (C=O) groups excluding carboxylic acids is 1. The van der Waals surface area contributed by atoms with Gasteiger partial charge in [-0.15, -0.1) is 0 Å². The number of fused-ring (bicyclic) bond motifs is 1. The number of carbonyl (C=O) groups is 1. The predicted octanol–water partition coefficient (Wildman–Crippen LogP) is 3.40. The maximum atomic E-state index is 13.9. The molecule has 0 aliphatic heterocycles. The van der Waals surface area contributed by atoms with Gasteiger partial charge in [0.1, 0.15) is 11.5 Å². The van der Waals surface area contributed by atoms with Gasteiger partial charge in [-0.2, -0.15) is 5.10 Å². The zero-order valence-electron chi connectivity index (χ0n) is 13.6. The Hall–Kier alpha value is -2.63. The fourth-order valence-electron chi connectivity index (χ4n) is 2.91. The Balaban J connectivity index is 2.00. The number of amides is 1. The summed E-state index contributed by atoms with van der Waals surface area (Å²) < 4.78 is 17.4. The maximum Gasteiger partial charge on any atom is 0.272 e. The first kappa shape index (κ1) is 15.3. The smallest absolute Gasteiger partial charge is 0.272 e. The van der Waals surface area contributed by atoms with Crippen LogP contribution in [0.25, 0.3) is 10.9 Å². The van der Waals surface area contributed by atoms with Gasteiger partial charge in [0.05, 0.1) is 22.6 Å². The van der Waals surface area contributed by atoms with Crippen LogP contribution in [0.2, 0.25) is 0 Å². The Morgan fingerprint density at radius 1 is 1.35 bits per heavy atom. The largest absolute Gasteiger partial charge is 0.340 e. The van der Waals surface area contributed by atoms with Crippen molar-refractivity contribution < 1.29 is 9.18 Å². The van der Waals surface area contributed by atoms with Gasteiger partial charge >= 0.3 is 0 Å². The van der Waals surface area contributed by atoms with Crippen LogP contribution in [-0.4, -0.2) is 20.3 Å². The van der Waals surface area contributed by atoms with Crippen molar-refractivity contribution in [2.24, 2.45) is 7.05 Å². The van der Waals surface area contributed by atoms with E-state index in [9.17, 15) is 9.18 Å². The van der Waals surface area contributed by atoms with E-state index >= 15 is 0 Å². The lowest BCUT2D eigenvalue weighted by Gasteiger charge is -2.07. The first-order valence-electron chi connectivity index (χ1n) is 7.53. The summed E-state index contributed by atoms with van der Waals surface area (Å²) in [4.78, 5) is 12.6. The van der Waals surface area contributed by atoms with Crippen molar-refractivity contribution in [3.8, 4) is 0 Å². The third kappa shape index (κ3) is 2.40. The molecule has 0 radical (unpaired) electrons. The zero-order chi connectivity index (χ0) is 16.7. The number of aromatic nitrogens is 3. The summed E-state index contributed by atoms with van der Waals surface area (Å²) >= 11 is 0. The van der Waals surface area contributed by atoms with Crippen LogP contribution in [0.15, 0.2) is 24.3 Å². The molecule has 0 unspecified atom stereocenters. The summed E-state index contributed by atoms with van der Waals surface area (Å²) in [5, 5.41) is 7.74. The molecule has 2 heterocycles. The first-order valence-corrected chi connectivity index (χ1v) is 7.53. The highest BCUT2D eigenvalue weighted by molar-refractivity contribution is 6.07. The Morgan fingerprint density at radius 2 is 2.09 bits per heavy atom. The minimum Gasteiger partial charge on any atom is -0.340 e. The van der Waals surface area contributed by atoms with E-state index in [1.54, 1.807) is 29.8 Å². The van der Waals surface area contributed by atoms with Crippen LogP contribution in [0.1, 0.15) is 28.8 Å². The molecular formula is C17H19FN4O.